The van der Waals surface area contributed by atoms with Crippen LogP contribution in [0.5, 0.6) is 5.75 Å². The Morgan fingerprint density at radius 3 is 2.90 bits per heavy atom. The van der Waals surface area contributed by atoms with Gasteiger partial charge in [-0.2, -0.15) is 0 Å². The second-order valence-corrected chi connectivity index (χ2v) is 5.78. The number of aliphatic imine (C=N–C) groups is 1. The van der Waals surface area contributed by atoms with E-state index in [1.165, 1.54) is 4.90 Å². The number of para-hydroxylation sites is 1. The second kappa shape index (κ2) is 9.53. The van der Waals surface area contributed by atoms with Crippen molar-refractivity contribution in [2.75, 3.05) is 26.0 Å². The average Bonchev–Trinajstić information content (AvgIpc) is 2.48. The molecular formula is C15H25N3OS. The Balaban J connectivity index is 2.37. The molecule has 0 fully saturated rings. The van der Waals surface area contributed by atoms with Crippen LogP contribution in [0.2, 0.25) is 0 Å². The first-order valence-corrected chi connectivity index (χ1v) is 7.95. The number of benzene rings is 1. The third-order valence-electron chi connectivity index (χ3n) is 2.72. The molecule has 0 amide bonds. The van der Waals surface area contributed by atoms with E-state index >= 15 is 0 Å². The van der Waals surface area contributed by atoms with Gasteiger partial charge in [-0.05, 0) is 24.5 Å². The van der Waals surface area contributed by atoms with Crippen LogP contribution in [0.1, 0.15) is 20.3 Å². The van der Waals surface area contributed by atoms with Crippen molar-refractivity contribution in [3.05, 3.63) is 24.3 Å². The molecule has 1 aromatic carbocycles. The summed E-state index contributed by atoms with van der Waals surface area (Å²) in [6.45, 7) is 5.90. The van der Waals surface area contributed by atoms with Gasteiger partial charge in [0.2, 0.25) is 0 Å². The van der Waals surface area contributed by atoms with Crippen LogP contribution >= 0.6 is 11.8 Å². The van der Waals surface area contributed by atoms with Gasteiger partial charge in [0.05, 0.1) is 7.11 Å². The fourth-order valence-electron chi connectivity index (χ4n) is 1.59. The van der Waals surface area contributed by atoms with Gasteiger partial charge in [0.25, 0.3) is 0 Å². The van der Waals surface area contributed by atoms with Crippen LogP contribution in [0.25, 0.3) is 0 Å². The molecule has 4 nitrogen and oxygen atoms in total. The fraction of sp³-hybridized carbons (Fsp3) is 0.533. The van der Waals surface area contributed by atoms with Gasteiger partial charge in [-0.15, -0.1) is 11.8 Å². The van der Waals surface area contributed by atoms with E-state index in [4.69, 9.17) is 10.5 Å². The van der Waals surface area contributed by atoms with Crippen LogP contribution in [0, 0.1) is 5.92 Å². The van der Waals surface area contributed by atoms with Crippen molar-refractivity contribution < 1.29 is 4.74 Å². The van der Waals surface area contributed by atoms with E-state index in [1.807, 2.05) is 18.2 Å². The molecule has 1 unspecified atom stereocenters. The molecule has 0 radical (unpaired) electrons. The van der Waals surface area contributed by atoms with E-state index in [0.29, 0.717) is 11.9 Å². The maximum atomic E-state index is 5.77. The summed E-state index contributed by atoms with van der Waals surface area (Å²) in [5, 5.41) is 3.08. The zero-order valence-electron chi connectivity index (χ0n) is 12.6. The molecule has 0 aliphatic rings. The highest BCUT2D eigenvalue weighted by atomic mass is 32.2. The molecule has 1 atom stereocenters. The second-order valence-electron chi connectivity index (χ2n) is 4.72. The molecular weight excluding hydrogens is 270 g/mol. The van der Waals surface area contributed by atoms with E-state index in [0.717, 1.165) is 31.0 Å². The molecule has 0 aliphatic heterocycles. The Morgan fingerprint density at radius 1 is 1.45 bits per heavy atom. The van der Waals surface area contributed by atoms with Gasteiger partial charge in [0.15, 0.2) is 5.96 Å². The van der Waals surface area contributed by atoms with Gasteiger partial charge >= 0.3 is 0 Å². The number of ether oxygens (including phenoxy) is 1. The first kappa shape index (κ1) is 16.7. The molecule has 0 heterocycles. The third kappa shape index (κ3) is 6.19. The van der Waals surface area contributed by atoms with E-state index in [1.54, 1.807) is 18.9 Å². The summed E-state index contributed by atoms with van der Waals surface area (Å²) in [6, 6.07) is 8.07. The lowest BCUT2D eigenvalue weighted by molar-refractivity contribution is 0.405. The van der Waals surface area contributed by atoms with E-state index in [2.05, 4.69) is 30.2 Å². The SMILES string of the molecule is CCCNC(N)=NCC(C)CSc1ccccc1OC. The molecule has 20 heavy (non-hydrogen) atoms. The fourth-order valence-corrected chi connectivity index (χ4v) is 2.62. The smallest absolute Gasteiger partial charge is 0.188 e. The van der Waals surface area contributed by atoms with E-state index < -0.39 is 0 Å². The summed E-state index contributed by atoms with van der Waals surface area (Å²) >= 11 is 1.79. The minimum atomic E-state index is 0.465. The Hall–Kier alpha value is -1.36. The van der Waals surface area contributed by atoms with Crippen molar-refractivity contribution in [1.82, 2.24) is 5.32 Å². The topological polar surface area (TPSA) is 59.6 Å². The van der Waals surface area contributed by atoms with Crippen LogP contribution < -0.4 is 15.8 Å². The van der Waals surface area contributed by atoms with Gasteiger partial charge < -0.3 is 15.8 Å². The number of rotatable bonds is 8. The summed E-state index contributed by atoms with van der Waals surface area (Å²) in [7, 11) is 1.70. The molecule has 0 bridgehead atoms. The van der Waals surface area contributed by atoms with E-state index in [9.17, 15) is 0 Å². The molecule has 0 saturated heterocycles. The van der Waals surface area contributed by atoms with Crippen LogP contribution in [0.3, 0.4) is 0 Å². The van der Waals surface area contributed by atoms with Crippen molar-refractivity contribution in [3.63, 3.8) is 0 Å². The highest BCUT2D eigenvalue weighted by Gasteiger charge is 2.06. The summed E-state index contributed by atoms with van der Waals surface area (Å²) in [4.78, 5) is 5.52. The van der Waals surface area contributed by atoms with Crippen molar-refractivity contribution in [3.8, 4) is 5.75 Å². The first-order valence-electron chi connectivity index (χ1n) is 6.97. The molecule has 0 saturated carbocycles. The summed E-state index contributed by atoms with van der Waals surface area (Å²) in [5.74, 6) is 2.93. The van der Waals surface area contributed by atoms with E-state index in [-0.39, 0.29) is 0 Å². The molecule has 112 valence electrons. The van der Waals surface area contributed by atoms with Gasteiger partial charge in [-0.25, -0.2) is 0 Å². The summed E-state index contributed by atoms with van der Waals surface area (Å²) in [6.07, 6.45) is 1.05. The monoisotopic (exact) mass is 295 g/mol. The molecule has 0 aliphatic carbocycles. The quantitative estimate of drug-likeness (QED) is 0.440. The molecule has 3 N–H and O–H groups in total. The first-order chi connectivity index (χ1) is 9.67. The Bertz CT molecular complexity index is 423. The molecule has 5 heteroatoms. The zero-order chi connectivity index (χ0) is 14.8. The predicted octanol–water partition coefficient (Wildman–Crippen LogP) is 2.74. The van der Waals surface area contributed by atoms with Crippen molar-refractivity contribution in [2.45, 2.75) is 25.2 Å². The van der Waals surface area contributed by atoms with Crippen LogP contribution in [0.15, 0.2) is 34.2 Å². The standard InChI is InChI=1S/C15H25N3OS/c1-4-9-17-15(16)18-10-12(2)11-20-14-8-6-5-7-13(14)19-3/h5-8,12H,4,9-11H2,1-3H3,(H3,16,17,18). The largest absolute Gasteiger partial charge is 0.496 e. The lowest BCUT2D eigenvalue weighted by Crippen LogP contribution is -2.32. The minimum Gasteiger partial charge on any atom is -0.496 e. The van der Waals surface area contributed by atoms with Crippen LogP contribution in [-0.2, 0) is 0 Å². The number of guanidine groups is 1. The van der Waals surface area contributed by atoms with Gasteiger partial charge in [0, 0.05) is 23.7 Å². The Labute approximate surface area is 126 Å². The highest BCUT2D eigenvalue weighted by molar-refractivity contribution is 7.99. The highest BCUT2D eigenvalue weighted by Crippen LogP contribution is 2.29. The maximum absolute atomic E-state index is 5.77. The maximum Gasteiger partial charge on any atom is 0.188 e. The Kier molecular flexibility index (Phi) is 7.95. The number of nitrogens with one attached hydrogen (secondary N) is 1. The number of thioether (sulfide) groups is 1. The van der Waals surface area contributed by atoms with Gasteiger partial charge in [0.1, 0.15) is 5.75 Å². The lowest BCUT2D eigenvalue weighted by atomic mass is 10.2. The molecule has 1 rings (SSSR count). The molecule has 0 spiro atoms. The number of methoxy groups -OCH3 is 1. The van der Waals surface area contributed by atoms with Crippen molar-refractivity contribution in [1.29, 1.82) is 0 Å². The number of nitrogens with two attached hydrogens (primary N) is 1. The van der Waals surface area contributed by atoms with Gasteiger partial charge in [-0.3, -0.25) is 4.99 Å². The predicted molar refractivity (Wildman–Crippen MR) is 87.7 cm³/mol. The molecule has 0 aromatic heterocycles. The molecule has 1 aromatic rings. The third-order valence-corrected chi connectivity index (χ3v) is 4.11. The minimum absolute atomic E-state index is 0.465. The van der Waals surface area contributed by atoms with Crippen molar-refractivity contribution in [2.24, 2.45) is 16.6 Å². The lowest BCUT2D eigenvalue weighted by Gasteiger charge is -2.11. The normalized spacial score (nSPS) is 13.1. The Morgan fingerprint density at radius 2 is 2.20 bits per heavy atom. The van der Waals surface area contributed by atoms with Gasteiger partial charge in [-0.1, -0.05) is 26.0 Å². The average molecular weight is 295 g/mol. The summed E-state index contributed by atoms with van der Waals surface area (Å²) in [5.41, 5.74) is 5.77. The van der Waals surface area contributed by atoms with Crippen LogP contribution in [-0.4, -0.2) is 31.9 Å². The zero-order valence-corrected chi connectivity index (χ0v) is 13.4. The van der Waals surface area contributed by atoms with Crippen LogP contribution in [0.4, 0.5) is 0 Å². The number of nitrogens with zero attached hydrogens (tertiary/aromatic N) is 1. The summed E-state index contributed by atoms with van der Waals surface area (Å²) < 4.78 is 5.34. The number of hydrogen-bond donors (Lipinski definition) is 2. The number of hydrogen-bond acceptors (Lipinski definition) is 3. The van der Waals surface area contributed by atoms with Crippen molar-refractivity contribution >= 4 is 17.7 Å².